The second kappa shape index (κ2) is 6.85. The Hall–Kier alpha value is -2.84. The number of pyridine rings is 2. The van der Waals surface area contributed by atoms with Gasteiger partial charge < -0.3 is 19.7 Å². The molecule has 0 aliphatic carbocycles. The predicted octanol–water partition coefficient (Wildman–Crippen LogP) is 3.77. The smallest absolute Gasteiger partial charge is 0.354 e. The minimum absolute atomic E-state index is 0.0123. The number of hydrogen-bond donors (Lipinski definition) is 2. The van der Waals surface area contributed by atoms with Gasteiger partial charge in [-0.3, -0.25) is 0 Å². The number of carboxylic acids is 2. The molecular formula is C22H24N2O6. The average Bonchev–Trinajstić information content (AvgIpc) is 3.23. The van der Waals surface area contributed by atoms with Gasteiger partial charge in [-0.25, -0.2) is 19.6 Å². The summed E-state index contributed by atoms with van der Waals surface area (Å²) < 4.78 is 12.5. The van der Waals surface area contributed by atoms with Crippen molar-refractivity contribution in [1.82, 2.24) is 9.97 Å². The van der Waals surface area contributed by atoms with Crippen LogP contribution in [0.1, 0.15) is 95.4 Å². The van der Waals surface area contributed by atoms with Crippen LogP contribution in [0, 0.1) is 0 Å². The van der Waals surface area contributed by atoms with Crippen LogP contribution < -0.4 is 0 Å². The molecule has 8 nitrogen and oxygen atoms in total. The molecule has 30 heavy (non-hydrogen) atoms. The topological polar surface area (TPSA) is 119 Å². The van der Waals surface area contributed by atoms with Crippen molar-refractivity contribution in [2.24, 2.45) is 0 Å². The molecule has 4 rings (SSSR count). The van der Waals surface area contributed by atoms with Crippen LogP contribution in [0.3, 0.4) is 0 Å². The SMILES string of the molecule is CCC1(C)OC(c2cnc(C(=O)O)c3c2[C@](C)(CC)OC3)c2cnc(C(=O)O)cc21. The molecule has 0 spiro atoms. The average molecular weight is 412 g/mol. The molecule has 2 N–H and O–H groups in total. The van der Waals surface area contributed by atoms with Gasteiger partial charge in [-0.2, -0.15) is 0 Å². The van der Waals surface area contributed by atoms with Gasteiger partial charge in [0, 0.05) is 29.1 Å². The van der Waals surface area contributed by atoms with E-state index >= 15 is 0 Å². The fourth-order valence-corrected chi connectivity index (χ4v) is 4.44. The predicted molar refractivity (Wildman–Crippen MR) is 105 cm³/mol. The molecule has 2 unspecified atom stereocenters. The number of carboxylic acid groups (broad SMARTS) is 2. The van der Waals surface area contributed by atoms with E-state index in [9.17, 15) is 19.8 Å². The maximum absolute atomic E-state index is 11.7. The highest BCUT2D eigenvalue weighted by Crippen LogP contribution is 2.52. The highest BCUT2D eigenvalue weighted by Gasteiger charge is 2.47. The van der Waals surface area contributed by atoms with Gasteiger partial charge >= 0.3 is 11.9 Å². The number of fused-ring (bicyclic) bond motifs is 2. The van der Waals surface area contributed by atoms with Crippen LogP contribution in [-0.2, 0) is 27.3 Å². The summed E-state index contributed by atoms with van der Waals surface area (Å²) in [6, 6.07) is 1.57. The third kappa shape index (κ3) is 2.82. The van der Waals surface area contributed by atoms with Crippen molar-refractivity contribution >= 4 is 11.9 Å². The van der Waals surface area contributed by atoms with E-state index in [-0.39, 0.29) is 18.0 Å². The van der Waals surface area contributed by atoms with Gasteiger partial charge in [-0.1, -0.05) is 13.8 Å². The Morgan fingerprint density at radius 2 is 1.73 bits per heavy atom. The van der Waals surface area contributed by atoms with Crippen molar-refractivity contribution in [2.75, 3.05) is 0 Å². The minimum Gasteiger partial charge on any atom is -0.477 e. The Labute approximate surface area is 173 Å². The Bertz CT molecular complexity index is 1070. The summed E-state index contributed by atoms with van der Waals surface area (Å²) in [5.74, 6) is -2.19. The molecule has 2 aromatic heterocycles. The number of ether oxygens (including phenoxy) is 2. The number of carbonyl (C=O) groups is 2. The molecule has 0 radical (unpaired) electrons. The molecule has 0 bridgehead atoms. The van der Waals surface area contributed by atoms with E-state index in [2.05, 4.69) is 9.97 Å². The van der Waals surface area contributed by atoms with Crippen LogP contribution in [-0.4, -0.2) is 32.1 Å². The van der Waals surface area contributed by atoms with Crippen molar-refractivity contribution in [3.63, 3.8) is 0 Å². The van der Waals surface area contributed by atoms with Crippen molar-refractivity contribution in [1.29, 1.82) is 0 Å². The first-order chi connectivity index (χ1) is 14.1. The lowest BCUT2D eigenvalue weighted by molar-refractivity contribution is -0.0549. The van der Waals surface area contributed by atoms with E-state index in [0.29, 0.717) is 18.4 Å². The summed E-state index contributed by atoms with van der Waals surface area (Å²) >= 11 is 0. The van der Waals surface area contributed by atoms with Crippen molar-refractivity contribution in [3.8, 4) is 0 Å². The van der Waals surface area contributed by atoms with Gasteiger partial charge in [0.05, 0.1) is 17.8 Å². The first kappa shape index (κ1) is 20.4. The van der Waals surface area contributed by atoms with E-state index in [0.717, 1.165) is 22.3 Å². The number of rotatable bonds is 5. The molecule has 2 aromatic rings. The fourth-order valence-electron chi connectivity index (χ4n) is 4.44. The standard InChI is InChI=1S/C22H24N2O6/c1-5-21(3)14-7-15(19(25)26)23-8-11(14)18(30-21)12-9-24-17(20(27)28)13-10-29-22(4,6-2)16(12)13/h7-9,18H,5-6,10H2,1-4H3,(H,25,26)(H,27,28)/t18?,21?,22-/m0/s1. The molecule has 0 saturated carbocycles. The molecule has 0 fully saturated rings. The zero-order valence-electron chi connectivity index (χ0n) is 17.4. The summed E-state index contributed by atoms with van der Waals surface area (Å²) in [4.78, 5) is 31.5. The summed E-state index contributed by atoms with van der Waals surface area (Å²) in [5, 5.41) is 19.0. The first-order valence-corrected chi connectivity index (χ1v) is 9.96. The lowest BCUT2D eigenvalue weighted by atomic mass is 9.84. The second-order valence-corrected chi connectivity index (χ2v) is 8.14. The molecule has 4 heterocycles. The minimum atomic E-state index is -1.10. The number of aromatic nitrogens is 2. The van der Waals surface area contributed by atoms with Crippen molar-refractivity contribution in [2.45, 2.75) is 64.4 Å². The van der Waals surface area contributed by atoms with Gasteiger partial charge in [0.1, 0.15) is 11.8 Å². The number of aromatic carboxylic acids is 2. The monoisotopic (exact) mass is 412 g/mol. The maximum Gasteiger partial charge on any atom is 0.354 e. The Kier molecular flexibility index (Phi) is 4.67. The quantitative estimate of drug-likeness (QED) is 0.762. The molecule has 2 aliphatic heterocycles. The molecule has 0 amide bonds. The lowest BCUT2D eigenvalue weighted by Gasteiger charge is -2.29. The van der Waals surface area contributed by atoms with E-state index in [1.54, 1.807) is 18.5 Å². The van der Waals surface area contributed by atoms with Gasteiger partial charge in [0.25, 0.3) is 0 Å². The zero-order chi connectivity index (χ0) is 21.8. The number of hydrogen-bond acceptors (Lipinski definition) is 6. The van der Waals surface area contributed by atoms with Gasteiger partial charge in [0.15, 0.2) is 5.69 Å². The van der Waals surface area contributed by atoms with Crippen molar-refractivity contribution in [3.05, 3.63) is 57.7 Å². The normalized spacial score (nSPS) is 27.0. The summed E-state index contributed by atoms with van der Waals surface area (Å²) in [7, 11) is 0. The molecule has 0 saturated heterocycles. The third-order valence-corrected chi connectivity index (χ3v) is 6.49. The summed E-state index contributed by atoms with van der Waals surface area (Å²) in [6.45, 7) is 7.99. The van der Waals surface area contributed by atoms with Gasteiger partial charge in [0.2, 0.25) is 0 Å². The van der Waals surface area contributed by atoms with Crippen LogP contribution in [0.2, 0.25) is 0 Å². The Balaban J connectivity index is 1.94. The van der Waals surface area contributed by atoms with Crippen LogP contribution in [0.4, 0.5) is 0 Å². The molecule has 3 atom stereocenters. The molecular weight excluding hydrogens is 388 g/mol. The fraction of sp³-hybridized carbons (Fsp3) is 0.455. The van der Waals surface area contributed by atoms with Crippen LogP contribution in [0.15, 0.2) is 18.5 Å². The second-order valence-electron chi connectivity index (χ2n) is 8.14. The molecule has 2 aliphatic rings. The van der Waals surface area contributed by atoms with Crippen LogP contribution in [0.5, 0.6) is 0 Å². The van der Waals surface area contributed by atoms with Crippen LogP contribution in [0.25, 0.3) is 0 Å². The largest absolute Gasteiger partial charge is 0.477 e. The summed E-state index contributed by atoms with van der Waals surface area (Å²) in [6.07, 6.45) is 3.82. The molecule has 158 valence electrons. The van der Waals surface area contributed by atoms with E-state index < -0.39 is 29.2 Å². The Morgan fingerprint density at radius 3 is 2.33 bits per heavy atom. The third-order valence-electron chi connectivity index (χ3n) is 6.49. The summed E-state index contributed by atoms with van der Waals surface area (Å²) in [5.41, 5.74) is 2.21. The van der Waals surface area contributed by atoms with E-state index in [1.165, 1.54) is 0 Å². The zero-order valence-corrected chi connectivity index (χ0v) is 17.4. The highest BCUT2D eigenvalue weighted by molar-refractivity contribution is 5.88. The lowest BCUT2D eigenvalue weighted by Crippen LogP contribution is -2.24. The van der Waals surface area contributed by atoms with E-state index in [4.69, 9.17) is 9.47 Å². The van der Waals surface area contributed by atoms with Gasteiger partial charge in [-0.15, -0.1) is 0 Å². The van der Waals surface area contributed by atoms with Gasteiger partial charge in [-0.05, 0) is 43.9 Å². The van der Waals surface area contributed by atoms with Crippen LogP contribution >= 0.6 is 0 Å². The van der Waals surface area contributed by atoms with Crippen molar-refractivity contribution < 1.29 is 29.3 Å². The maximum atomic E-state index is 11.7. The molecule has 0 aromatic carbocycles. The first-order valence-electron chi connectivity index (χ1n) is 9.96. The Morgan fingerprint density at radius 1 is 1.07 bits per heavy atom. The highest BCUT2D eigenvalue weighted by atomic mass is 16.5. The number of nitrogens with zero attached hydrogens (tertiary/aromatic N) is 2. The van der Waals surface area contributed by atoms with E-state index in [1.807, 2.05) is 27.7 Å². The molecule has 8 heteroatoms.